The van der Waals surface area contributed by atoms with Gasteiger partial charge in [0.25, 0.3) is 0 Å². The number of nitrogens with two attached hydrogens (primary N) is 1. The predicted molar refractivity (Wildman–Crippen MR) is 75.2 cm³/mol. The molecule has 0 atom stereocenters. The van der Waals surface area contributed by atoms with E-state index in [1.165, 1.54) is 37.9 Å². The molecule has 2 rings (SSSR count). The van der Waals surface area contributed by atoms with Crippen LogP contribution in [-0.4, -0.2) is 22.6 Å². The highest BCUT2D eigenvalue weighted by molar-refractivity contribution is 5.94. The molecule has 0 unspecified atom stereocenters. The number of nitrogens with zero attached hydrogens (tertiary/aromatic N) is 1. The van der Waals surface area contributed by atoms with E-state index in [4.69, 9.17) is 10.8 Å². The highest BCUT2D eigenvalue weighted by Crippen LogP contribution is 2.28. The van der Waals surface area contributed by atoms with Gasteiger partial charge in [0.1, 0.15) is 5.82 Å². The van der Waals surface area contributed by atoms with Crippen molar-refractivity contribution in [2.24, 2.45) is 11.8 Å². The Labute approximate surface area is 113 Å². The zero-order chi connectivity index (χ0) is 13.8. The first-order chi connectivity index (χ1) is 9.06. The van der Waals surface area contributed by atoms with Gasteiger partial charge in [-0.05, 0) is 30.7 Å². The first-order valence-corrected chi connectivity index (χ1v) is 6.79. The molecule has 0 saturated heterocycles. The maximum Gasteiger partial charge on any atom is 0.337 e. The Morgan fingerprint density at radius 3 is 2.79 bits per heavy atom. The van der Waals surface area contributed by atoms with Crippen molar-refractivity contribution in [2.45, 2.75) is 32.6 Å². The Morgan fingerprint density at radius 1 is 1.47 bits per heavy atom. The lowest BCUT2D eigenvalue weighted by Crippen LogP contribution is -2.21. The number of nitrogen functional groups attached to an aromatic ring is 1. The summed E-state index contributed by atoms with van der Waals surface area (Å²) in [5, 5.41) is 12.3. The van der Waals surface area contributed by atoms with Crippen molar-refractivity contribution in [1.82, 2.24) is 4.98 Å². The van der Waals surface area contributed by atoms with E-state index in [2.05, 4.69) is 17.2 Å². The van der Waals surface area contributed by atoms with Gasteiger partial charge in [-0.2, -0.15) is 0 Å². The summed E-state index contributed by atoms with van der Waals surface area (Å²) in [4.78, 5) is 15.1. The molecule has 0 aromatic carbocycles. The van der Waals surface area contributed by atoms with E-state index in [1.807, 2.05) is 0 Å². The van der Waals surface area contributed by atoms with Crippen LogP contribution in [0.5, 0.6) is 0 Å². The molecule has 0 spiro atoms. The van der Waals surface area contributed by atoms with Gasteiger partial charge in [-0.1, -0.05) is 19.8 Å². The number of carboxylic acids is 1. The molecular weight excluding hydrogens is 242 g/mol. The average Bonchev–Trinajstić information content (AvgIpc) is 2.39. The molecule has 0 amide bonds. The number of rotatable bonds is 4. The van der Waals surface area contributed by atoms with E-state index in [9.17, 15) is 4.79 Å². The van der Waals surface area contributed by atoms with Crippen molar-refractivity contribution in [3.8, 4) is 0 Å². The quantitative estimate of drug-likeness (QED) is 0.777. The van der Waals surface area contributed by atoms with Crippen molar-refractivity contribution < 1.29 is 9.90 Å². The van der Waals surface area contributed by atoms with Crippen LogP contribution in [0, 0.1) is 11.8 Å². The fourth-order valence-corrected chi connectivity index (χ4v) is 2.58. The summed E-state index contributed by atoms with van der Waals surface area (Å²) >= 11 is 0. The van der Waals surface area contributed by atoms with Crippen LogP contribution in [0.3, 0.4) is 0 Å². The van der Waals surface area contributed by atoms with Crippen molar-refractivity contribution in [2.75, 3.05) is 17.6 Å². The molecule has 19 heavy (non-hydrogen) atoms. The minimum Gasteiger partial charge on any atom is -0.478 e. The summed E-state index contributed by atoms with van der Waals surface area (Å²) in [7, 11) is 0. The molecule has 0 bridgehead atoms. The van der Waals surface area contributed by atoms with E-state index in [0.717, 1.165) is 12.5 Å². The average molecular weight is 263 g/mol. The number of aromatic nitrogens is 1. The second kappa shape index (κ2) is 5.91. The smallest absolute Gasteiger partial charge is 0.337 e. The Hall–Kier alpha value is -1.78. The Kier molecular flexibility index (Phi) is 4.24. The molecule has 4 N–H and O–H groups in total. The molecule has 1 aliphatic rings. The first kappa shape index (κ1) is 13.6. The number of carboxylic acid groups (broad SMARTS) is 1. The minimum atomic E-state index is -0.978. The number of carbonyl (C=O) groups is 1. The minimum absolute atomic E-state index is 0.191. The van der Waals surface area contributed by atoms with Gasteiger partial charge in [-0.15, -0.1) is 0 Å². The highest BCUT2D eigenvalue weighted by Gasteiger charge is 2.19. The monoisotopic (exact) mass is 263 g/mol. The largest absolute Gasteiger partial charge is 0.478 e. The maximum atomic E-state index is 11.1. The van der Waals surface area contributed by atoms with Crippen LogP contribution in [0.15, 0.2) is 12.3 Å². The third-order valence-electron chi connectivity index (χ3n) is 3.87. The van der Waals surface area contributed by atoms with E-state index in [0.29, 0.717) is 11.6 Å². The molecule has 5 heteroatoms. The van der Waals surface area contributed by atoms with E-state index >= 15 is 0 Å². The van der Waals surface area contributed by atoms with Crippen LogP contribution < -0.4 is 11.1 Å². The van der Waals surface area contributed by atoms with Gasteiger partial charge in [0.05, 0.1) is 17.4 Å². The number of nitrogens with one attached hydrogen (secondary N) is 1. The fourth-order valence-electron chi connectivity index (χ4n) is 2.58. The van der Waals surface area contributed by atoms with Gasteiger partial charge in [0, 0.05) is 6.54 Å². The van der Waals surface area contributed by atoms with Gasteiger partial charge < -0.3 is 16.2 Å². The number of hydrogen-bond acceptors (Lipinski definition) is 4. The second-order valence-corrected chi connectivity index (χ2v) is 5.47. The number of pyridine rings is 1. The predicted octanol–water partition coefficient (Wildman–Crippen LogP) is 2.60. The number of aromatic carboxylic acids is 1. The van der Waals surface area contributed by atoms with Crippen LogP contribution in [0.1, 0.15) is 43.0 Å². The molecule has 0 radical (unpaired) electrons. The van der Waals surface area contributed by atoms with Crippen LogP contribution in [-0.2, 0) is 0 Å². The Bertz CT molecular complexity index is 454. The topological polar surface area (TPSA) is 88.2 Å². The molecule has 5 nitrogen and oxygen atoms in total. The summed E-state index contributed by atoms with van der Waals surface area (Å²) in [6.07, 6.45) is 6.44. The summed E-state index contributed by atoms with van der Waals surface area (Å²) < 4.78 is 0. The van der Waals surface area contributed by atoms with Gasteiger partial charge in [-0.3, -0.25) is 0 Å². The number of hydrogen-bond donors (Lipinski definition) is 3. The van der Waals surface area contributed by atoms with Gasteiger partial charge in [0.2, 0.25) is 0 Å². The standard InChI is InChI=1S/C14H21N3O2/c1-9-2-4-10(5-3-9)7-16-12-8-17-13(15)6-11(12)14(18)19/h6,8-10,16H,2-5,7H2,1H3,(H2,15,17)(H,18,19). The highest BCUT2D eigenvalue weighted by atomic mass is 16.4. The second-order valence-electron chi connectivity index (χ2n) is 5.47. The third-order valence-corrected chi connectivity index (χ3v) is 3.87. The van der Waals surface area contributed by atoms with Crippen molar-refractivity contribution in [3.63, 3.8) is 0 Å². The van der Waals surface area contributed by atoms with Crippen LogP contribution in [0.2, 0.25) is 0 Å². The maximum absolute atomic E-state index is 11.1. The Balaban J connectivity index is 1.97. The number of anilines is 2. The molecule has 0 aliphatic heterocycles. The summed E-state index contributed by atoms with van der Waals surface area (Å²) in [6, 6.07) is 1.40. The summed E-state index contributed by atoms with van der Waals surface area (Å²) in [5.74, 6) is 0.697. The molecule has 1 saturated carbocycles. The normalized spacial score (nSPS) is 23.0. The van der Waals surface area contributed by atoms with Crippen LogP contribution >= 0.6 is 0 Å². The molecule has 1 fully saturated rings. The zero-order valence-electron chi connectivity index (χ0n) is 11.2. The van der Waals surface area contributed by atoms with Crippen LogP contribution in [0.4, 0.5) is 11.5 Å². The van der Waals surface area contributed by atoms with E-state index < -0.39 is 5.97 Å². The lowest BCUT2D eigenvalue weighted by molar-refractivity contribution is 0.0698. The van der Waals surface area contributed by atoms with Crippen molar-refractivity contribution in [1.29, 1.82) is 0 Å². The van der Waals surface area contributed by atoms with E-state index in [-0.39, 0.29) is 11.4 Å². The molecule has 104 valence electrons. The van der Waals surface area contributed by atoms with Crippen LogP contribution in [0.25, 0.3) is 0 Å². The molecule has 1 aromatic heterocycles. The van der Waals surface area contributed by atoms with Gasteiger partial charge in [0.15, 0.2) is 0 Å². The fraction of sp³-hybridized carbons (Fsp3) is 0.571. The first-order valence-electron chi connectivity index (χ1n) is 6.79. The third kappa shape index (κ3) is 3.59. The van der Waals surface area contributed by atoms with Gasteiger partial charge >= 0.3 is 5.97 Å². The summed E-state index contributed by atoms with van der Waals surface area (Å²) in [5.41, 5.74) is 6.26. The molecular formula is C14H21N3O2. The van der Waals surface area contributed by atoms with Gasteiger partial charge in [-0.25, -0.2) is 9.78 Å². The zero-order valence-corrected chi connectivity index (χ0v) is 11.2. The van der Waals surface area contributed by atoms with Crippen molar-refractivity contribution >= 4 is 17.5 Å². The van der Waals surface area contributed by atoms with Crippen molar-refractivity contribution in [3.05, 3.63) is 17.8 Å². The lowest BCUT2D eigenvalue weighted by atomic mass is 9.83. The Morgan fingerprint density at radius 2 is 2.16 bits per heavy atom. The lowest BCUT2D eigenvalue weighted by Gasteiger charge is -2.26. The SMILES string of the molecule is CC1CCC(CNc2cnc(N)cc2C(=O)O)CC1. The summed E-state index contributed by atoms with van der Waals surface area (Å²) in [6.45, 7) is 3.09. The van der Waals surface area contributed by atoms with E-state index in [1.54, 1.807) is 0 Å². The molecule has 1 aromatic rings. The molecule has 1 heterocycles. The molecule has 1 aliphatic carbocycles.